The van der Waals surface area contributed by atoms with Crippen LogP contribution in [0.25, 0.3) is 0 Å². The van der Waals surface area contributed by atoms with Crippen LogP contribution in [0.2, 0.25) is 0 Å². The van der Waals surface area contributed by atoms with Crippen molar-refractivity contribution in [1.82, 2.24) is 15.0 Å². The van der Waals surface area contributed by atoms with Crippen LogP contribution in [0.1, 0.15) is 21.7 Å². The van der Waals surface area contributed by atoms with Crippen molar-refractivity contribution in [3.8, 4) is 0 Å². The summed E-state index contributed by atoms with van der Waals surface area (Å²) in [5, 5.41) is 3.05. The van der Waals surface area contributed by atoms with Gasteiger partial charge in [0.2, 0.25) is 11.9 Å². The number of rotatable bonds is 6. The van der Waals surface area contributed by atoms with Crippen molar-refractivity contribution in [3.63, 3.8) is 0 Å². The lowest BCUT2D eigenvalue weighted by molar-refractivity contribution is 0.0462. The van der Waals surface area contributed by atoms with Gasteiger partial charge >= 0.3 is 5.97 Å². The van der Waals surface area contributed by atoms with Crippen LogP contribution in [0, 0.1) is 6.92 Å². The molecule has 0 aliphatic rings. The first-order chi connectivity index (χ1) is 13.7. The van der Waals surface area contributed by atoms with E-state index in [4.69, 9.17) is 10.5 Å². The molecule has 0 aliphatic heterocycles. The quantitative estimate of drug-likeness (QED) is 0.583. The first-order valence-electron chi connectivity index (χ1n) is 8.53. The van der Waals surface area contributed by atoms with Crippen molar-refractivity contribution < 1.29 is 17.9 Å². The topological polar surface area (TPSA) is 137 Å². The summed E-state index contributed by atoms with van der Waals surface area (Å²) in [6.07, 6.45) is 1.09. The summed E-state index contributed by atoms with van der Waals surface area (Å²) >= 11 is 0. The summed E-state index contributed by atoms with van der Waals surface area (Å²) in [4.78, 5) is 24.5. The van der Waals surface area contributed by atoms with Crippen LogP contribution in [0.4, 0.5) is 17.6 Å². The van der Waals surface area contributed by atoms with Gasteiger partial charge in [0, 0.05) is 11.9 Å². The number of hydrogen-bond donors (Lipinski definition) is 2. The second-order valence-corrected chi connectivity index (χ2v) is 8.26. The van der Waals surface area contributed by atoms with Crippen molar-refractivity contribution in [2.75, 3.05) is 17.3 Å². The highest BCUT2D eigenvalue weighted by Gasteiger charge is 2.13. The molecule has 9 nitrogen and oxygen atoms in total. The number of aryl methyl sites for hydroxylation is 1. The van der Waals surface area contributed by atoms with E-state index >= 15 is 0 Å². The molecule has 0 atom stereocenters. The molecule has 0 saturated heterocycles. The van der Waals surface area contributed by atoms with Gasteiger partial charge in [-0.05, 0) is 42.8 Å². The van der Waals surface area contributed by atoms with E-state index < -0.39 is 15.8 Å². The minimum Gasteiger partial charge on any atom is -0.454 e. The fourth-order valence-electron chi connectivity index (χ4n) is 2.44. The Labute approximate surface area is 167 Å². The number of ether oxygens (including phenoxy) is 1. The Kier molecular flexibility index (Phi) is 5.74. The number of para-hydroxylation sites is 1. The van der Waals surface area contributed by atoms with Crippen molar-refractivity contribution in [2.45, 2.75) is 18.4 Å². The monoisotopic (exact) mass is 413 g/mol. The number of carbonyl (C=O) groups excluding carboxylic acids is 1. The fourth-order valence-corrected chi connectivity index (χ4v) is 3.07. The van der Waals surface area contributed by atoms with Crippen molar-refractivity contribution in [3.05, 3.63) is 65.5 Å². The number of nitrogen functional groups attached to an aromatic ring is 1. The molecule has 29 heavy (non-hydrogen) atoms. The first-order valence-corrected chi connectivity index (χ1v) is 10.4. The molecular formula is C19H19N5O4S. The Balaban J connectivity index is 1.69. The number of nitrogens with one attached hydrogen (secondary N) is 1. The van der Waals surface area contributed by atoms with Gasteiger partial charge in [-0.2, -0.15) is 15.0 Å². The van der Waals surface area contributed by atoms with Gasteiger partial charge in [0.05, 0.1) is 10.5 Å². The first kappa shape index (κ1) is 20.2. The maximum atomic E-state index is 12.2. The molecule has 0 unspecified atom stereocenters. The van der Waals surface area contributed by atoms with Gasteiger partial charge in [0.25, 0.3) is 0 Å². The van der Waals surface area contributed by atoms with Crippen LogP contribution in [0.15, 0.2) is 53.4 Å². The number of esters is 1. The van der Waals surface area contributed by atoms with Crippen LogP contribution in [-0.4, -0.2) is 35.6 Å². The van der Waals surface area contributed by atoms with Gasteiger partial charge in [0.15, 0.2) is 22.3 Å². The smallest absolute Gasteiger partial charge is 0.338 e. The SMILES string of the molecule is Cc1ccccc1Nc1nc(N)nc(COC(=O)c2ccc(S(C)(=O)=O)cc2)n1. The van der Waals surface area contributed by atoms with Crippen molar-refractivity contribution in [1.29, 1.82) is 0 Å². The normalized spacial score (nSPS) is 11.1. The Morgan fingerprint density at radius 1 is 1.07 bits per heavy atom. The zero-order valence-electron chi connectivity index (χ0n) is 15.8. The molecule has 0 fully saturated rings. The largest absolute Gasteiger partial charge is 0.454 e. The number of nitrogens with zero attached hydrogens (tertiary/aromatic N) is 3. The van der Waals surface area contributed by atoms with Crippen LogP contribution in [0.3, 0.4) is 0 Å². The molecule has 3 N–H and O–H groups in total. The third-order valence-corrected chi connectivity index (χ3v) is 5.07. The van der Waals surface area contributed by atoms with E-state index in [2.05, 4.69) is 20.3 Å². The fraction of sp³-hybridized carbons (Fsp3) is 0.158. The van der Waals surface area contributed by atoms with E-state index in [1.54, 1.807) is 0 Å². The predicted molar refractivity (Wildman–Crippen MR) is 107 cm³/mol. The lowest BCUT2D eigenvalue weighted by Gasteiger charge is -2.10. The van der Waals surface area contributed by atoms with E-state index in [-0.39, 0.29) is 34.8 Å². The number of anilines is 3. The van der Waals surface area contributed by atoms with Crippen LogP contribution < -0.4 is 11.1 Å². The van der Waals surface area contributed by atoms with E-state index in [0.29, 0.717) is 0 Å². The van der Waals surface area contributed by atoms with E-state index in [1.165, 1.54) is 24.3 Å². The predicted octanol–water partition coefficient (Wildman–Crippen LogP) is 2.27. The third-order valence-electron chi connectivity index (χ3n) is 3.94. The number of hydrogen-bond acceptors (Lipinski definition) is 9. The number of sulfone groups is 1. The van der Waals surface area contributed by atoms with E-state index in [9.17, 15) is 13.2 Å². The Morgan fingerprint density at radius 2 is 1.76 bits per heavy atom. The van der Waals surface area contributed by atoms with Gasteiger partial charge in [-0.3, -0.25) is 0 Å². The molecule has 0 spiro atoms. The second-order valence-electron chi connectivity index (χ2n) is 6.25. The molecule has 0 saturated carbocycles. The van der Waals surface area contributed by atoms with Crippen molar-refractivity contribution in [2.24, 2.45) is 0 Å². The summed E-state index contributed by atoms with van der Waals surface area (Å²) in [6.45, 7) is 1.71. The van der Waals surface area contributed by atoms with Crippen LogP contribution in [-0.2, 0) is 21.2 Å². The molecule has 0 radical (unpaired) electrons. The molecule has 3 aromatic rings. The minimum absolute atomic E-state index is 0.0142. The van der Waals surface area contributed by atoms with Crippen molar-refractivity contribution >= 4 is 33.4 Å². The highest BCUT2D eigenvalue weighted by atomic mass is 32.2. The highest BCUT2D eigenvalue weighted by molar-refractivity contribution is 7.90. The Hall–Kier alpha value is -3.53. The average molecular weight is 413 g/mol. The Morgan fingerprint density at radius 3 is 2.41 bits per heavy atom. The van der Waals surface area contributed by atoms with Gasteiger partial charge < -0.3 is 15.8 Å². The molecule has 1 aromatic heterocycles. The second kappa shape index (κ2) is 8.23. The highest BCUT2D eigenvalue weighted by Crippen LogP contribution is 2.18. The zero-order valence-corrected chi connectivity index (χ0v) is 16.6. The molecule has 1 heterocycles. The lowest BCUT2D eigenvalue weighted by atomic mass is 10.2. The maximum Gasteiger partial charge on any atom is 0.338 e. The summed E-state index contributed by atoms with van der Waals surface area (Å²) < 4.78 is 28.2. The van der Waals surface area contributed by atoms with E-state index in [0.717, 1.165) is 17.5 Å². The minimum atomic E-state index is -3.34. The number of nitrogens with two attached hydrogens (primary N) is 1. The summed E-state index contributed by atoms with van der Waals surface area (Å²) in [6, 6.07) is 13.0. The van der Waals surface area contributed by atoms with Crippen LogP contribution in [0.5, 0.6) is 0 Å². The van der Waals surface area contributed by atoms with Gasteiger partial charge in [-0.1, -0.05) is 18.2 Å². The summed E-state index contributed by atoms with van der Waals surface area (Å²) in [5.74, 6) is -0.248. The molecule has 2 aromatic carbocycles. The third kappa shape index (κ3) is 5.26. The van der Waals surface area contributed by atoms with Gasteiger partial charge in [-0.15, -0.1) is 0 Å². The number of carbonyl (C=O) groups is 1. The molecular weight excluding hydrogens is 394 g/mol. The average Bonchev–Trinajstić information content (AvgIpc) is 2.67. The van der Waals surface area contributed by atoms with Gasteiger partial charge in [-0.25, -0.2) is 13.2 Å². The molecule has 150 valence electrons. The molecule has 0 bridgehead atoms. The standard InChI is InChI=1S/C19H19N5O4S/c1-12-5-3-4-6-15(12)21-19-23-16(22-18(20)24-19)11-28-17(25)13-7-9-14(10-8-13)29(2,26)27/h3-10H,11H2,1-2H3,(H3,20,21,22,23,24). The summed E-state index contributed by atoms with van der Waals surface area (Å²) in [5.41, 5.74) is 7.74. The van der Waals surface area contributed by atoms with E-state index in [1.807, 2.05) is 31.2 Å². The zero-order chi connectivity index (χ0) is 21.0. The van der Waals surface area contributed by atoms with Gasteiger partial charge in [0.1, 0.15) is 0 Å². The molecule has 0 aliphatic carbocycles. The molecule has 0 amide bonds. The maximum absolute atomic E-state index is 12.2. The van der Waals surface area contributed by atoms with Crippen LogP contribution >= 0.6 is 0 Å². The Bertz CT molecular complexity index is 1150. The molecule has 10 heteroatoms. The molecule has 3 rings (SSSR count). The lowest BCUT2D eigenvalue weighted by Crippen LogP contribution is -2.11. The number of benzene rings is 2. The number of aromatic nitrogens is 3. The summed E-state index contributed by atoms with van der Waals surface area (Å²) in [7, 11) is -3.34.